The van der Waals surface area contributed by atoms with E-state index in [1.165, 1.54) is 29.4 Å². The number of halogens is 1. The zero-order chi connectivity index (χ0) is 28.8. The van der Waals surface area contributed by atoms with Gasteiger partial charge in [0.05, 0.1) is 40.0 Å². The fraction of sp³-hybridized carbons (Fsp3) is 0.207. The maximum Gasteiger partial charge on any atom is 0.301 e. The number of aliphatic hydroxyl groups is 1. The molecule has 2 aliphatic heterocycles. The minimum atomic E-state index is -1.10. The highest BCUT2D eigenvalue weighted by atomic mass is 79.9. The largest absolute Gasteiger partial charge is 0.507 e. The Morgan fingerprint density at radius 1 is 1.12 bits per heavy atom. The number of fused-ring (bicyclic) bond motifs is 2. The van der Waals surface area contributed by atoms with Crippen molar-refractivity contribution in [2.24, 2.45) is 0 Å². The number of phenolic OH excluding ortho intramolecular Hbond substituents is 1. The maximum atomic E-state index is 13.7. The molecule has 6 rings (SSSR count). The molecular formula is C29H23BrN2O8S. The van der Waals surface area contributed by atoms with Crippen molar-refractivity contribution in [3.05, 3.63) is 69.7 Å². The number of methoxy groups -OCH3 is 1. The normalized spacial score (nSPS) is 17.7. The number of hydrogen-bond acceptors (Lipinski definition) is 10. The number of ether oxygens (including phenoxy) is 4. The van der Waals surface area contributed by atoms with Crippen LogP contribution in [0.5, 0.6) is 28.7 Å². The standard InChI is InChI=1S/C29H23BrN2O8S/c1-3-38-16-5-6-18-22(13-16)41-29(31-18)32-24(15-10-17(30)26(34)21(12-15)37-2)23(27(35)28(32)36)25(33)14-4-7-19-20(11-14)40-9-8-39-19/h4-7,10-13,24,33-34H,3,8-9H2,1-2H3/t24-/m1/s1. The monoisotopic (exact) mass is 638 g/mol. The lowest BCUT2D eigenvalue weighted by atomic mass is 9.95. The van der Waals surface area contributed by atoms with E-state index >= 15 is 0 Å². The number of aromatic nitrogens is 1. The number of aromatic hydroxyl groups is 1. The number of benzene rings is 3. The number of carbonyl (C=O) groups is 2. The summed E-state index contributed by atoms with van der Waals surface area (Å²) in [6.45, 7) is 3.11. The number of amides is 1. The van der Waals surface area contributed by atoms with E-state index in [1.807, 2.05) is 13.0 Å². The molecule has 1 saturated heterocycles. The molecule has 0 spiro atoms. The zero-order valence-electron chi connectivity index (χ0n) is 21.8. The third kappa shape index (κ3) is 4.62. The van der Waals surface area contributed by atoms with Crippen LogP contribution in [-0.4, -0.2) is 53.8 Å². The highest BCUT2D eigenvalue weighted by Crippen LogP contribution is 2.48. The number of aliphatic hydroxyl groups excluding tert-OH is 1. The van der Waals surface area contributed by atoms with Gasteiger partial charge in [-0.15, -0.1) is 0 Å². The molecule has 1 amide bonds. The molecule has 0 radical (unpaired) electrons. The van der Waals surface area contributed by atoms with E-state index in [4.69, 9.17) is 18.9 Å². The minimum absolute atomic E-state index is 0.116. The molecule has 0 bridgehead atoms. The Labute approximate surface area is 246 Å². The molecule has 1 fully saturated rings. The third-order valence-corrected chi connectivity index (χ3v) is 8.33. The summed E-state index contributed by atoms with van der Waals surface area (Å²) >= 11 is 4.54. The van der Waals surface area contributed by atoms with E-state index < -0.39 is 23.5 Å². The van der Waals surface area contributed by atoms with E-state index in [2.05, 4.69) is 20.9 Å². The van der Waals surface area contributed by atoms with Crippen molar-refractivity contribution in [1.82, 2.24) is 4.98 Å². The number of Topliss-reactive ketones (excluding diaryl/α,β-unsaturated/α-hetero) is 1. The SMILES string of the molecule is CCOc1ccc2nc(N3C(=O)C(=O)C(=C(O)c4ccc5c(c4)OCCO5)[C@H]3c3cc(Br)c(O)c(OC)c3)sc2c1. The van der Waals surface area contributed by atoms with Crippen molar-refractivity contribution in [3.63, 3.8) is 0 Å². The van der Waals surface area contributed by atoms with Crippen molar-refractivity contribution < 1.29 is 38.7 Å². The van der Waals surface area contributed by atoms with Crippen molar-refractivity contribution >= 4 is 60.1 Å². The number of rotatable bonds is 6. The summed E-state index contributed by atoms with van der Waals surface area (Å²) in [5, 5.41) is 22.3. The molecule has 210 valence electrons. The minimum Gasteiger partial charge on any atom is -0.507 e. The van der Waals surface area contributed by atoms with Gasteiger partial charge >= 0.3 is 5.91 Å². The Balaban J connectivity index is 1.55. The van der Waals surface area contributed by atoms with Crippen molar-refractivity contribution in [2.45, 2.75) is 13.0 Å². The van der Waals surface area contributed by atoms with Gasteiger partial charge < -0.3 is 29.2 Å². The Hall–Kier alpha value is -4.29. The first-order valence-electron chi connectivity index (χ1n) is 12.6. The number of carbonyl (C=O) groups excluding carboxylic acids is 2. The molecule has 10 nitrogen and oxygen atoms in total. The number of thiazole rings is 1. The fourth-order valence-electron chi connectivity index (χ4n) is 4.85. The molecule has 2 N–H and O–H groups in total. The smallest absolute Gasteiger partial charge is 0.301 e. The van der Waals surface area contributed by atoms with Crippen LogP contribution in [0.25, 0.3) is 16.0 Å². The Morgan fingerprint density at radius 2 is 1.90 bits per heavy atom. The average molecular weight is 639 g/mol. The van der Waals surface area contributed by atoms with Gasteiger partial charge in [0, 0.05) is 5.56 Å². The van der Waals surface area contributed by atoms with Crippen LogP contribution in [0.3, 0.4) is 0 Å². The van der Waals surface area contributed by atoms with E-state index in [9.17, 15) is 19.8 Å². The Kier molecular flexibility index (Phi) is 6.96. The molecule has 12 heteroatoms. The zero-order valence-corrected chi connectivity index (χ0v) is 24.2. The first kappa shape index (κ1) is 26.9. The topological polar surface area (TPSA) is 128 Å². The van der Waals surface area contributed by atoms with Gasteiger partial charge in [0.1, 0.15) is 24.7 Å². The summed E-state index contributed by atoms with van der Waals surface area (Å²) in [6, 6.07) is 12.2. The van der Waals surface area contributed by atoms with Crippen LogP contribution < -0.4 is 23.8 Å². The number of ketones is 1. The third-order valence-electron chi connectivity index (χ3n) is 6.71. The van der Waals surface area contributed by atoms with Crippen LogP contribution in [0, 0.1) is 0 Å². The van der Waals surface area contributed by atoms with Crippen LogP contribution in [-0.2, 0) is 9.59 Å². The molecule has 3 heterocycles. The van der Waals surface area contributed by atoms with Crippen LogP contribution in [0.2, 0.25) is 0 Å². The Morgan fingerprint density at radius 3 is 2.66 bits per heavy atom. The summed E-state index contributed by atoms with van der Waals surface area (Å²) < 4.78 is 23.2. The summed E-state index contributed by atoms with van der Waals surface area (Å²) in [7, 11) is 1.39. The number of phenols is 1. The number of anilines is 1. The summed E-state index contributed by atoms with van der Waals surface area (Å²) in [5.41, 5.74) is 1.14. The molecule has 1 aromatic heterocycles. The van der Waals surface area contributed by atoms with Gasteiger partial charge in [-0.2, -0.15) is 0 Å². The van der Waals surface area contributed by atoms with Crippen LogP contribution in [0.4, 0.5) is 5.13 Å². The van der Waals surface area contributed by atoms with Gasteiger partial charge in [-0.05, 0) is 76.9 Å². The van der Waals surface area contributed by atoms with Crippen LogP contribution in [0.1, 0.15) is 24.1 Å². The average Bonchev–Trinajstić information content (AvgIpc) is 3.51. The van der Waals surface area contributed by atoms with E-state index in [0.29, 0.717) is 48.1 Å². The Bertz CT molecular complexity index is 1750. The van der Waals surface area contributed by atoms with Gasteiger partial charge in [0.25, 0.3) is 5.78 Å². The van der Waals surface area contributed by atoms with E-state index in [-0.39, 0.29) is 32.2 Å². The van der Waals surface area contributed by atoms with Gasteiger partial charge in [-0.25, -0.2) is 4.98 Å². The summed E-state index contributed by atoms with van der Waals surface area (Å²) in [4.78, 5) is 33.2. The summed E-state index contributed by atoms with van der Waals surface area (Å²) in [5.74, 6) is -0.598. The lowest BCUT2D eigenvalue weighted by molar-refractivity contribution is -0.132. The number of hydrogen-bond donors (Lipinski definition) is 2. The van der Waals surface area contributed by atoms with Crippen molar-refractivity contribution in [2.75, 3.05) is 31.8 Å². The predicted octanol–water partition coefficient (Wildman–Crippen LogP) is 5.57. The fourth-order valence-corrected chi connectivity index (χ4v) is 6.33. The lowest BCUT2D eigenvalue weighted by Crippen LogP contribution is -2.29. The van der Waals surface area contributed by atoms with Gasteiger partial charge in [0.15, 0.2) is 28.1 Å². The lowest BCUT2D eigenvalue weighted by Gasteiger charge is -2.24. The predicted molar refractivity (Wildman–Crippen MR) is 155 cm³/mol. The first-order valence-corrected chi connectivity index (χ1v) is 14.2. The molecule has 1 atom stereocenters. The van der Waals surface area contributed by atoms with Gasteiger partial charge in [-0.1, -0.05) is 11.3 Å². The molecule has 2 aliphatic rings. The highest BCUT2D eigenvalue weighted by Gasteiger charge is 2.48. The van der Waals surface area contributed by atoms with E-state index in [0.717, 1.165) is 4.70 Å². The quantitative estimate of drug-likeness (QED) is 0.158. The molecule has 41 heavy (non-hydrogen) atoms. The molecule has 0 aliphatic carbocycles. The van der Waals surface area contributed by atoms with Crippen molar-refractivity contribution in [1.29, 1.82) is 0 Å². The highest BCUT2D eigenvalue weighted by molar-refractivity contribution is 9.10. The molecule has 0 unspecified atom stereocenters. The number of nitrogens with zero attached hydrogens (tertiary/aromatic N) is 2. The second-order valence-corrected chi connectivity index (χ2v) is 11.0. The molecule has 0 saturated carbocycles. The second kappa shape index (κ2) is 10.6. The van der Waals surface area contributed by atoms with Gasteiger partial charge in [0.2, 0.25) is 0 Å². The first-order chi connectivity index (χ1) is 19.8. The van der Waals surface area contributed by atoms with Crippen LogP contribution >= 0.6 is 27.3 Å². The van der Waals surface area contributed by atoms with Gasteiger partial charge in [-0.3, -0.25) is 14.5 Å². The summed E-state index contributed by atoms with van der Waals surface area (Å²) in [6.07, 6.45) is 0. The van der Waals surface area contributed by atoms with E-state index in [1.54, 1.807) is 36.4 Å². The molecule has 4 aromatic rings. The molecule has 3 aromatic carbocycles. The second-order valence-electron chi connectivity index (χ2n) is 9.14. The van der Waals surface area contributed by atoms with Crippen molar-refractivity contribution in [3.8, 4) is 28.7 Å². The molecular weight excluding hydrogens is 616 g/mol. The van der Waals surface area contributed by atoms with Crippen LogP contribution in [0.15, 0.2) is 58.6 Å². The maximum absolute atomic E-state index is 13.7.